The summed E-state index contributed by atoms with van der Waals surface area (Å²) in [5.74, 6) is -0.859. The predicted molar refractivity (Wildman–Crippen MR) is 142 cm³/mol. The molecular weight excluding hydrogens is 484 g/mol. The lowest BCUT2D eigenvalue weighted by atomic mass is 9.87. The minimum Gasteiger partial charge on any atom is -0.488 e. The summed E-state index contributed by atoms with van der Waals surface area (Å²) in [6.45, 7) is 6.95. The van der Waals surface area contributed by atoms with Crippen molar-refractivity contribution in [1.29, 1.82) is 5.26 Å². The molecule has 1 amide bonds. The Labute approximate surface area is 224 Å². The number of carboxylic acids is 1. The second-order valence-electron chi connectivity index (χ2n) is 10.6. The van der Waals surface area contributed by atoms with E-state index < -0.39 is 23.6 Å². The number of aryl methyl sites for hydroxylation is 1. The van der Waals surface area contributed by atoms with Crippen LogP contribution in [0.5, 0.6) is 5.75 Å². The van der Waals surface area contributed by atoms with Crippen molar-refractivity contribution in [3.63, 3.8) is 0 Å². The minimum atomic E-state index is -0.917. The van der Waals surface area contributed by atoms with Crippen LogP contribution in [-0.2, 0) is 38.4 Å². The third kappa shape index (κ3) is 7.82. The first-order valence-electron chi connectivity index (χ1n) is 12.9. The van der Waals surface area contributed by atoms with Crippen molar-refractivity contribution in [3.05, 3.63) is 64.7 Å². The number of carbonyl (C=O) groups excluding carboxylic acids is 2. The largest absolute Gasteiger partial charge is 0.488 e. The van der Waals surface area contributed by atoms with Gasteiger partial charge in [-0.05, 0) is 74.3 Å². The smallest absolute Gasteiger partial charge is 0.303 e. The molecule has 1 N–H and O–H groups in total. The minimum absolute atomic E-state index is 0.0455. The Morgan fingerprint density at radius 3 is 2.34 bits per heavy atom. The van der Waals surface area contributed by atoms with Gasteiger partial charge in [-0.3, -0.25) is 14.4 Å². The summed E-state index contributed by atoms with van der Waals surface area (Å²) in [7, 11) is 0. The van der Waals surface area contributed by atoms with E-state index in [2.05, 4.69) is 30.3 Å². The lowest BCUT2D eigenvalue weighted by Crippen LogP contribution is -2.52. The molecule has 2 aromatic carbocycles. The molecule has 8 heteroatoms. The van der Waals surface area contributed by atoms with Crippen molar-refractivity contribution in [2.45, 2.75) is 71.4 Å². The molecule has 0 unspecified atom stereocenters. The van der Waals surface area contributed by atoms with Crippen LogP contribution in [0.4, 0.5) is 0 Å². The summed E-state index contributed by atoms with van der Waals surface area (Å²) < 4.78 is 11.5. The van der Waals surface area contributed by atoms with Gasteiger partial charge >= 0.3 is 11.9 Å². The Balaban J connectivity index is 1.72. The molecule has 2 aromatic rings. The van der Waals surface area contributed by atoms with E-state index in [1.807, 2.05) is 13.8 Å². The maximum Gasteiger partial charge on any atom is 0.303 e. The second-order valence-corrected chi connectivity index (χ2v) is 10.6. The summed E-state index contributed by atoms with van der Waals surface area (Å²) in [4.78, 5) is 37.4. The number of carbonyl (C=O) groups is 3. The predicted octanol–water partition coefficient (Wildman–Crippen LogP) is 4.32. The van der Waals surface area contributed by atoms with Gasteiger partial charge in [0.1, 0.15) is 18.4 Å². The molecule has 38 heavy (non-hydrogen) atoms. The molecule has 3 rings (SSSR count). The van der Waals surface area contributed by atoms with Gasteiger partial charge < -0.3 is 19.5 Å². The van der Waals surface area contributed by atoms with Crippen LogP contribution in [0.2, 0.25) is 0 Å². The topological polar surface area (TPSA) is 117 Å². The zero-order valence-corrected chi connectivity index (χ0v) is 22.5. The van der Waals surface area contributed by atoms with Crippen molar-refractivity contribution < 1.29 is 29.0 Å². The van der Waals surface area contributed by atoms with Gasteiger partial charge in [0.25, 0.3) is 0 Å². The number of fused-ring (bicyclic) bond motifs is 1. The number of nitrogens with zero attached hydrogens (tertiary/aromatic N) is 2. The third-order valence-electron chi connectivity index (χ3n) is 6.97. The van der Waals surface area contributed by atoms with E-state index >= 15 is 0 Å². The summed E-state index contributed by atoms with van der Waals surface area (Å²) in [6.07, 6.45) is 2.22. The molecule has 0 saturated heterocycles. The van der Waals surface area contributed by atoms with Crippen LogP contribution in [0.25, 0.3) is 0 Å². The molecular formula is C30H36N2O6. The van der Waals surface area contributed by atoms with E-state index in [1.165, 1.54) is 25.0 Å². The quantitative estimate of drug-likeness (QED) is 0.414. The van der Waals surface area contributed by atoms with Crippen molar-refractivity contribution in [1.82, 2.24) is 4.90 Å². The number of hydrogen-bond acceptors (Lipinski definition) is 6. The van der Waals surface area contributed by atoms with Gasteiger partial charge in [-0.15, -0.1) is 0 Å². The lowest BCUT2D eigenvalue weighted by Gasteiger charge is -2.41. The third-order valence-corrected chi connectivity index (χ3v) is 6.97. The van der Waals surface area contributed by atoms with Crippen molar-refractivity contribution in [3.8, 4) is 11.8 Å². The summed E-state index contributed by atoms with van der Waals surface area (Å²) in [5, 5.41) is 18.5. The number of hydrogen-bond donors (Lipinski definition) is 1. The maximum absolute atomic E-state index is 12.8. The number of ether oxygens (including phenoxy) is 2. The van der Waals surface area contributed by atoms with E-state index in [0.29, 0.717) is 12.3 Å². The lowest BCUT2D eigenvalue weighted by molar-refractivity contribution is -0.153. The average molecular weight is 521 g/mol. The molecule has 1 atom stereocenters. The molecule has 0 radical (unpaired) electrons. The number of esters is 1. The molecule has 0 aromatic heterocycles. The zero-order chi connectivity index (χ0) is 27.9. The normalized spacial score (nSPS) is 13.8. The highest BCUT2D eigenvalue weighted by atomic mass is 16.6. The summed E-state index contributed by atoms with van der Waals surface area (Å²) in [6, 6.07) is 15.4. The van der Waals surface area contributed by atoms with Crippen LogP contribution in [0.1, 0.15) is 62.8 Å². The molecule has 0 aliphatic heterocycles. The highest BCUT2D eigenvalue weighted by Crippen LogP contribution is 2.34. The van der Waals surface area contributed by atoms with E-state index in [9.17, 15) is 19.6 Å². The van der Waals surface area contributed by atoms with Gasteiger partial charge in [0, 0.05) is 25.8 Å². The van der Waals surface area contributed by atoms with Gasteiger partial charge in [-0.2, -0.15) is 5.26 Å². The van der Waals surface area contributed by atoms with Crippen LogP contribution >= 0.6 is 0 Å². The fourth-order valence-electron chi connectivity index (χ4n) is 5.34. The number of amides is 1. The van der Waals surface area contributed by atoms with E-state index in [0.717, 1.165) is 24.8 Å². The number of aliphatic carboxylic acids is 1. The van der Waals surface area contributed by atoms with E-state index in [1.54, 1.807) is 23.1 Å². The molecule has 0 heterocycles. The number of benzene rings is 2. The van der Waals surface area contributed by atoms with Gasteiger partial charge in [-0.25, -0.2) is 0 Å². The molecule has 1 aliphatic carbocycles. The summed E-state index contributed by atoms with van der Waals surface area (Å²) >= 11 is 0. The van der Waals surface area contributed by atoms with E-state index in [4.69, 9.17) is 14.6 Å². The van der Waals surface area contributed by atoms with Gasteiger partial charge in [-0.1, -0.05) is 30.3 Å². The number of nitriles is 1. The van der Waals surface area contributed by atoms with Gasteiger partial charge in [0.2, 0.25) is 5.91 Å². The molecule has 1 aliphatic rings. The standard InChI is InChI=1S/C30H36N2O6/c1-20(33)32(30(3,4)16-23-13-24-7-5-6-8-25(24)14-23)18-27(38-21(2)34)19-37-28-15-22(10-12-29(35)36)9-11-26(28)17-31/h5-9,11,15,23,27H,10,12-14,16,18-19H2,1-4H3,(H,35,36)/t27-/m1/s1. The molecule has 8 nitrogen and oxygen atoms in total. The Hall–Kier alpha value is -3.86. The molecule has 0 spiro atoms. The SMILES string of the molecule is CC(=O)O[C@@H](COc1cc(CCC(=O)O)ccc1C#N)CN(C(C)=O)C(C)(C)CC1Cc2ccccc2C1. The first-order chi connectivity index (χ1) is 18.0. The first kappa shape index (κ1) is 28.7. The average Bonchev–Trinajstić information content (AvgIpc) is 3.25. The fourth-order valence-corrected chi connectivity index (χ4v) is 5.34. The maximum atomic E-state index is 12.8. The molecule has 0 bridgehead atoms. The van der Waals surface area contributed by atoms with E-state index in [-0.39, 0.29) is 36.8 Å². The Morgan fingerprint density at radius 1 is 1.13 bits per heavy atom. The monoisotopic (exact) mass is 520 g/mol. The Morgan fingerprint density at radius 2 is 1.79 bits per heavy atom. The number of carboxylic acid groups (broad SMARTS) is 1. The molecule has 0 fully saturated rings. The fraction of sp³-hybridized carbons (Fsp3) is 0.467. The van der Waals surface area contributed by atoms with Crippen molar-refractivity contribution in [2.24, 2.45) is 5.92 Å². The highest BCUT2D eigenvalue weighted by Gasteiger charge is 2.36. The summed E-state index contributed by atoms with van der Waals surface area (Å²) in [5.41, 5.74) is 3.22. The van der Waals surface area contributed by atoms with Crippen molar-refractivity contribution in [2.75, 3.05) is 13.2 Å². The molecule has 202 valence electrons. The first-order valence-corrected chi connectivity index (χ1v) is 12.9. The van der Waals surface area contributed by atoms with Crippen molar-refractivity contribution >= 4 is 17.8 Å². The Bertz CT molecular complexity index is 1190. The van der Waals surface area contributed by atoms with Crippen LogP contribution in [0.15, 0.2) is 42.5 Å². The number of rotatable bonds is 12. The van der Waals surface area contributed by atoms with Crippen LogP contribution in [0.3, 0.4) is 0 Å². The molecule has 0 saturated carbocycles. The van der Waals surface area contributed by atoms with Gasteiger partial charge in [0.05, 0.1) is 12.1 Å². The highest BCUT2D eigenvalue weighted by molar-refractivity contribution is 5.74. The van der Waals surface area contributed by atoms with Gasteiger partial charge in [0.15, 0.2) is 6.10 Å². The Kier molecular flexibility index (Phi) is 9.51. The van der Waals surface area contributed by atoms with Crippen LogP contribution < -0.4 is 4.74 Å². The second kappa shape index (κ2) is 12.6. The van der Waals surface area contributed by atoms with Crippen LogP contribution in [-0.4, -0.2) is 52.6 Å². The zero-order valence-electron chi connectivity index (χ0n) is 22.5. The van der Waals surface area contributed by atoms with Crippen LogP contribution in [0, 0.1) is 17.2 Å².